The van der Waals surface area contributed by atoms with Crippen LogP contribution in [0.3, 0.4) is 0 Å². The molecule has 4 nitrogen and oxygen atoms in total. The molecule has 0 radical (unpaired) electrons. The molecule has 84 valence electrons. The highest BCUT2D eigenvalue weighted by Crippen LogP contribution is 2.38. The van der Waals surface area contributed by atoms with Crippen LogP contribution in [0.25, 0.3) is 0 Å². The predicted octanol–water partition coefficient (Wildman–Crippen LogP) is 1.29. The van der Waals surface area contributed by atoms with E-state index < -0.39 is 17.7 Å². The molecule has 0 saturated heterocycles. The van der Waals surface area contributed by atoms with Gasteiger partial charge in [0.2, 0.25) is 0 Å². The van der Waals surface area contributed by atoms with Crippen molar-refractivity contribution >= 4 is 15.9 Å². The number of aromatic hydroxyl groups is 1. The second-order valence-corrected chi connectivity index (χ2v) is 3.74. The van der Waals surface area contributed by atoms with Crippen molar-refractivity contribution in [3.63, 3.8) is 0 Å². The van der Waals surface area contributed by atoms with Crippen LogP contribution in [0.1, 0.15) is 11.7 Å². The quantitative estimate of drug-likeness (QED) is 0.780. The summed E-state index contributed by atoms with van der Waals surface area (Å²) in [4.78, 5) is 0. The fraction of sp³-hybridized carbons (Fsp3) is 0.333. The molecule has 1 aromatic carbocycles. The molecule has 0 aliphatic heterocycles. The van der Waals surface area contributed by atoms with E-state index in [9.17, 15) is 14.6 Å². The Morgan fingerprint density at radius 2 is 2.27 bits per heavy atom. The van der Waals surface area contributed by atoms with Gasteiger partial charge in [0.1, 0.15) is 0 Å². The van der Waals surface area contributed by atoms with Crippen LogP contribution in [0.2, 0.25) is 0 Å². The Balaban J connectivity index is 3.35. The van der Waals surface area contributed by atoms with Crippen LogP contribution in [0.5, 0.6) is 11.5 Å². The lowest BCUT2D eigenvalue weighted by Crippen LogP contribution is -2.14. The van der Waals surface area contributed by atoms with E-state index in [-0.39, 0.29) is 17.9 Å². The summed E-state index contributed by atoms with van der Waals surface area (Å²) in [7, 11) is 1.31. The van der Waals surface area contributed by atoms with E-state index in [1.165, 1.54) is 13.2 Å². The first kappa shape index (κ1) is 12.2. The maximum Gasteiger partial charge on any atom is 0.194 e. The average Bonchev–Trinajstić information content (AvgIpc) is 2.23. The monoisotopic (exact) mass is 279 g/mol. The third kappa shape index (κ3) is 2.22. The molecular weight excluding hydrogens is 269 g/mol. The molecule has 0 bridgehead atoms. The van der Waals surface area contributed by atoms with Crippen molar-refractivity contribution in [3.05, 3.63) is 21.9 Å². The Labute approximate surface area is 94.6 Å². The number of aliphatic hydroxyl groups excluding tert-OH is 1. The Kier molecular flexibility index (Phi) is 3.90. The molecule has 4 N–H and O–H groups in total. The molecule has 0 heterocycles. The highest BCUT2D eigenvalue weighted by Gasteiger charge is 2.21. The van der Waals surface area contributed by atoms with E-state index in [4.69, 9.17) is 10.5 Å². The third-order valence-electron chi connectivity index (χ3n) is 1.97. The van der Waals surface area contributed by atoms with E-state index in [0.717, 1.165) is 0 Å². The molecule has 1 atom stereocenters. The summed E-state index contributed by atoms with van der Waals surface area (Å²) >= 11 is 3.07. The third-order valence-corrected chi connectivity index (χ3v) is 2.63. The fourth-order valence-corrected chi connectivity index (χ4v) is 1.83. The van der Waals surface area contributed by atoms with Crippen LogP contribution < -0.4 is 10.5 Å². The maximum absolute atomic E-state index is 13.6. The van der Waals surface area contributed by atoms with Gasteiger partial charge in [-0.2, -0.15) is 0 Å². The van der Waals surface area contributed by atoms with Crippen molar-refractivity contribution in [2.75, 3.05) is 13.7 Å². The van der Waals surface area contributed by atoms with Gasteiger partial charge in [0.15, 0.2) is 17.3 Å². The van der Waals surface area contributed by atoms with Gasteiger partial charge in [0.25, 0.3) is 0 Å². The summed E-state index contributed by atoms with van der Waals surface area (Å²) in [6.45, 7) is -0.138. The van der Waals surface area contributed by atoms with Crippen molar-refractivity contribution < 1.29 is 19.3 Å². The SMILES string of the molecule is COc1cc(Br)c(C(O)CN)c(F)c1O. The average molecular weight is 280 g/mol. The fourth-order valence-electron chi connectivity index (χ4n) is 1.18. The Morgan fingerprint density at radius 1 is 1.67 bits per heavy atom. The van der Waals surface area contributed by atoms with E-state index in [1.54, 1.807) is 0 Å². The second-order valence-electron chi connectivity index (χ2n) is 2.89. The predicted molar refractivity (Wildman–Crippen MR) is 56.3 cm³/mol. The lowest BCUT2D eigenvalue weighted by molar-refractivity contribution is 0.179. The molecule has 0 aliphatic rings. The van der Waals surface area contributed by atoms with Gasteiger partial charge >= 0.3 is 0 Å². The molecule has 1 aromatic rings. The zero-order chi connectivity index (χ0) is 11.6. The summed E-state index contributed by atoms with van der Waals surface area (Å²) in [5.41, 5.74) is 5.14. The number of aliphatic hydroxyl groups is 1. The number of hydrogen-bond donors (Lipinski definition) is 3. The number of phenols is 1. The van der Waals surface area contributed by atoms with Gasteiger partial charge < -0.3 is 20.7 Å². The van der Waals surface area contributed by atoms with Gasteiger partial charge in [0, 0.05) is 16.6 Å². The number of hydrogen-bond acceptors (Lipinski definition) is 4. The van der Waals surface area contributed by atoms with Crippen molar-refractivity contribution in [1.29, 1.82) is 0 Å². The van der Waals surface area contributed by atoms with Crippen molar-refractivity contribution in [2.24, 2.45) is 5.73 Å². The topological polar surface area (TPSA) is 75.7 Å². The summed E-state index contributed by atoms with van der Waals surface area (Å²) in [6, 6.07) is 1.37. The van der Waals surface area contributed by atoms with Crippen molar-refractivity contribution in [3.8, 4) is 11.5 Å². The number of rotatable bonds is 3. The number of benzene rings is 1. The molecule has 0 aromatic heterocycles. The molecule has 0 amide bonds. The van der Waals surface area contributed by atoms with E-state index in [2.05, 4.69) is 15.9 Å². The Morgan fingerprint density at radius 3 is 2.73 bits per heavy atom. The van der Waals surface area contributed by atoms with E-state index in [0.29, 0.717) is 4.47 Å². The lowest BCUT2D eigenvalue weighted by atomic mass is 10.1. The number of ether oxygens (including phenoxy) is 1. The van der Waals surface area contributed by atoms with Crippen LogP contribution in [-0.2, 0) is 0 Å². The first-order chi connectivity index (χ1) is 7.02. The minimum absolute atomic E-state index is 0.00709. The summed E-state index contributed by atoms with van der Waals surface area (Å²) in [5, 5.41) is 18.8. The van der Waals surface area contributed by atoms with Crippen LogP contribution in [-0.4, -0.2) is 23.9 Å². The van der Waals surface area contributed by atoms with Gasteiger partial charge in [0.05, 0.1) is 13.2 Å². The largest absolute Gasteiger partial charge is 0.502 e. The molecule has 1 rings (SSSR count). The summed E-state index contributed by atoms with van der Waals surface area (Å²) in [6.07, 6.45) is -1.17. The van der Waals surface area contributed by atoms with Gasteiger partial charge in [-0.05, 0) is 6.07 Å². The molecule has 15 heavy (non-hydrogen) atoms. The van der Waals surface area contributed by atoms with Gasteiger partial charge in [-0.1, -0.05) is 15.9 Å². The van der Waals surface area contributed by atoms with Gasteiger partial charge in [-0.3, -0.25) is 0 Å². The van der Waals surface area contributed by atoms with E-state index in [1.807, 2.05) is 0 Å². The summed E-state index contributed by atoms with van der Waals surface area (Å²) < 4.78 is 18.6. The molecule has 6 heteroatoms. The molecule has 0 fully saturated rings. The van der Waals surface area contributed by atoms with Crippen LogP contribution in [0.15, 0.2) is 10.5 Å². The number of nitrogens with two attached hydrogens (primary N) is 1. The van der Waals surface area contributed by atoms with Crippen LogP contribution in [0, 0.1) is 5.82 Å². The van der Waals surface area contributed by atoms with Gasteiger partial charge in [-0.15, -0.1) is 0 Å². The lowest BCUT2D eigenvalue weighted by Gasteiger charge is -2.14. The Hall–Kier alpha value is -0.850. The maximum atomic E-state index is 13.6. The minimum Gasteiger partial charge on any atom is -0.502 e. The standard InChI is InChI=1S/C9H11BrFNO3/c1-15-6-2-4(10)7(5(13)3-12)8(11)9(6)14/h2,5,13-14H,3,12H2,1H3. The van der Waals surface area contributed by atoms with Crippen LogP contribution >= 0.6 is 15.9 Å². The highest BCUT2D eigenvalue weighted by molar-refractivity contribution is 9.10. The zero-order valence-corrected chi connectivity index (χ0v) is 9.58. The molecule has 0 spiro atoms. The highest BCUT2D eigenvalue weighted by atomic mass is 79.9. The molecule has 0 saturated carbocycles. The molecule has 1 unspecified atom stereocenters. The molecule has 0 aliphatic carbocycles. The number of halogens is 2. The van der Waals surface area contributed by atoms with Gasteiger partial charge in [-0.25, -0.2) is 4.39 Å². The number of phenolic OH excluding ortho intramolecular Hbond substituents is 1. The zero-order valence-electron chi connectivity index (χ0n) is 8.00. The molecular formula is C9H11BrFNO3. The second kappa shape index (κ2) is 4.78. The number of methoxy groups -OCH3 is 1. The minimum atomic E-state index is -1.17. The van der Waals surface area contributed by atoms with Crippen LogP contribution in [0.4, 0.5) is 4.39 Å². The Bertz CT molecular complexity index is 373. The van der Waals surface area contributed by atoms with E-state index >= 15 is 0 Å². The normalized spacial score (nSPS) is 12.6. The van der Waals surface area contributed by atoms with Crippen molar-refractivity contribution in [2.45, 2.75) is 6.10 Å². The first-order valence-corrected chi connectivity index (χ1v) is 4.95. The summed E-state index contributed by atoms with van der Waals surface area (Å²) in [5.74, 6) is -1.57. The van der Waals surface area contributed by atoms with Crippen molar-refractivity contribution in [1.82, 2.24) is 0 Å². The first-order valence-electron chi connectivity index (χ1n) is 4.15. The smallest absolute Gasteiger partial charge is 0.194 e.